The van der Waals surface area contributed by atoms with Crippen LogP contribution in [0.25, 0.3) is 0 Å². The smallest absolute Gasteiger partial charge is 0.230 e. The first-order valence-electron chi connectivity index (χ1n) is 9.04. The molecule has 0 radical (unpaired) electrons. The molecular formula is C20H25N3O. The molecule has 0 aliphatic heterocycles. The third-order valence-electron chi connectivity index (χ3n) is 5.42. The summed E-state index contributed by atoms with van der Waals surface area (Å²) in [5.74, 6) is 2.11. The Labute approximate surface area is 143 Å². The Hall–Kier alpha value is -2.10. The van der Waals surface area contributed by atoms with Crippen LogP contribution in [0.1, 0.15) is 42.8 Å². The van der Waals surface area contributed by atoms with Gasteiger partial charge in [-0.2, -0.15) is 0 Å². The molecule has 1 aromatic carbocycles. The zero-order valence-corrected chi connectivity index (χ0v) is 14.3. The highest BCUT2D eigenvalue weighted by molar-refractivity contribution is 5.91. The van der Waals surface area contributed by atoms with E-state index in [0.29, 0.717) is 6.54 Å². The van der Waals surface area contributed by atoms with Crippen LogP contribution >= 0.6 is 0 Å². The number of aryl methyl sites for hydroxylation is 1. The first-order valence-corrected chi connectivity index (χ1v) is 9.04. The first kappa shape index (κ1) is 15.4. The molecule has 0 saturated heterocycles. The molecule has 2 aromatic rings. The predicted molar refractivity (Wildman–Crippen MR) is 93.8 cm³/mol. The molecule has 4 heteroatoms. The summed E-state index contributed by atoms with van der Waals surface area (Å²) < 4.78 is 2.33. The number of carbonyl (C=O) groups excluding carboxylic acids is 1. The number of rotatable bonds is 7. The monoisotopic (exact) mass is 323 g/mol. The van der Waals surface area contributed by atoms with Crippen molar-refractivity contribution in [2.24, 2.45) is 5.92 Å². The van der Waals surface area contributed by atoms with E-state index in [9.17, 15) is 4.79 Å². The predicted octanol–water partition coefficient (Wildman–Crippen LogP) is 2.99. The summed E-state index contributed by atoms with van der Waals surface area (Å²) in [6, 6.07) is 10.2. The van der Waals surface area contributed by atoms with Crippen LogP contribution in [0.15, 0.2) is 36.5 Å². The lowest BCUT2D eigenvalue weighted by Crippen LogP contribution is -2.36. The topological polar surface area (TPSA) is 46.9 Å². The van der Waals surface area contributed by atoms with Gasteiger partial charge < -0.3 is 9.88 Å². The zero-order valence-electron chi connectivity index (χ0n) is 14.3. The van der Waals surface area contributed by atoms with Gasteiger partial charge >= 0.3 is 0 Å². The van der Waals surface area contributed by atoms with Gasteiger partial charge in [-0.1, -0.05) is 30.3 Å². The molecule has 24 heavy (non-hydrogen) atoms. The van der Waals surface area contributed by atoms with Gasteiger partial charge in [0, 0.05) is 31.4 Å². The number of imidazole rings is 1. The highest BCUT2D eigenvalue weighted by Gasteiger charge is 2.50. The molecule has 1 heterocycles. The fourth-order valence-electron chi connectivity index (χ4n) is 3.50. The number of benzene rings is 1. The normalized spacial score (nSPS) is 18.4. The molecule has 2 aliphatic carbocycles. The molecule has 126 valence electrons. The molecule has 1 N–H and O–H groups in total. The van der Waals surface area contributed by atoms with Crippen LogP contribution in [0.5, 0.6) is 0 Å². The van der Waals surface area contributed by atoms with Crippen molar-refractivity contribution < 1.29 is 4.79 Å². The van der Waals surface area contributed by atoms with Crippen molar-refractivity contribution in [1.82, 2.24) is 14.9 Å². The second-order valence-corrected chi connectivity index (χ2v) is 7.32. The summed E-state index contributed by atoms with van der Waals surface area (Å²) in [5, 5.41) is 3.15. The van der Waals surface area contributed by atoms with Gasteiger partial charge in [-0.3, -0.25) is 4.79 Å². The maximum Gasteiger partial charge on any atom is 0.230 e. The highest BCUT2D eigenvalue weighted by Crippen LogP contribution is 2.48. The van der Waals surface area contributed by atoms with Crippen LogP contribution in [0.4, 0.5) is 0 Å². The largest absolute Gasteiger partial charge is 0.355 e. The molecule has 0 unspecified atom stereocenters. The van der Waals surface area contributed by atoms with Gasteiger partial charge in [0.15, 0.2) is 0 Å². The van der Waals surface area contributed by atoms with Crippen LogP contribution in [0.2, 0.25) is 0 Å². The summed E-state index contributed by atoms with van der Waals surface area (Å²) in [4.78, 5) is 17.2. The van der Waals surface area contributed by atoms with E-state index in [1.807, 2.05) is 24.4 Å². The summed E-state index contributed by atoms with van der Waals surface area (Å²) in [5.41, 5.74) is 2.10. The van der Waals surface area contributed by atoms with E-state index < -0.39 is 0 Å². The third kappa shape index (κ3) is 2.97. The van der Waals surface area contributed by atoms with Crippen LogP contribution in [-0.2, 0) is 23.2 Å². The lowest BCUT2D eigenvalue weighted by molar-refractivity contribution is -0.123. The summed E-state index contributed by atoms with van der Waals surface area (Å²) >= 11 is 0. The number of carbonyl (C=O) groups is 1. The minimum Gasteiger partial charge on any atom is -0.355 e. The van der Waals surface area contributed by atoms with Gasteiger partial charge in [0.2, 0.25) is 5.91 Å². The van der Waals surface area contributed by atoms with Gasteiger partial charge in [-0.15, -0.1) is 0 Å². The van der Waals surface area contributed by atoms with E-state index >= 15 is 0 Å². The molecule has 2 saturated carbocycles. The average molecular weight is 323 g/mol. The summed E-state index contributed by atoms with van der Waals surface area (Å²) in [7, 11) is 0. The molecule has 1 aromatic heterocycles. The second-order valence-electron chi connectivity index (χ2n) is 7.32. The van der Waals surface area contributed by atoms with Crippen LogP contribution in [0, 0.1) is 12.8 Å². The Morgan fingerprint density at radius 3 is 2.71 bits per heavy atom. The maximum atomic E-state index is 12.7. The average Bonchev–Trinajstić information content (AvgIpc) is 3.51. The SMILES string of the molecule is Cc1cnc(CCNC(=O)C2(c3ccccc3)CC2)n1CC1CC1. The molecule has 4 rings (SSSR count). The Balaban J connectivity index is 1.35. The quantitative estimate of drug-likeness (QED) is 0.851. The first-order chi connectivity index (χ1) is 11.7. The number of hydrogen-bond donors (Lipinski definition) is 1. The summed E-state index contributed by atoms with van der Waals surface area (Å²) in [6.07, 6.45) is 7.35. The Kier molecular flexibility index (Phi) is 3.91. The third-order valence-corrected chi connectivity index (χ3v) is 5.42. The zero-order chi connectivity index (χ0) is 16.6. The number of nitrogens with one attached hydrogen (secondary N) is 1. The number of amides is 1. The fraction of sp³-hybridized carbons (Fsp3) is 0.500. The Morgan fingerprint density at radius 2 is 2.04 bits per heavy atom. The van der Waals surface area contributed by atoms with Crippen LogP contribution in [0.3, 0.4) is 0 Å². The van der Waals surface area contributed by atoms with Crippen LogP contribution in [-0.4, -0.2) is 22.0 Å². The van der Waals surface area contributed by atoms with Crippen molar-refractivity contribution in [3.63, 3.8) is 0 Å². The number of nitrogens with zero attached hydrogens (tertiary/aromatic N) is 2. The Bertz CT molecular complexity index is 727. The van der Waals surface area contributed by atoms with E-state index in [-0.39, 0.29) is 11.3 Å². The van der Waals surface area contributed by atoms with Crippen molar-refractivity contribution in [2.45, 2.75) is 51.0 Å². The van der Waals surface area contributed by atoms with E-state index in [2.05, 4.69) is 33.9 Å². The lowest BCUT2D eigenvalue weighted by atomic mass is 9.95. The molecule has 2 aliphatic rings. The fourth-order valence-corrected chi connectivity index (χ4v) is 3.50. The Morgan fingerprint density at radius 1 is 1.29 bits per heavy atom. The molecule has 0 spiro atoms. The van der Waals surface area contributed by atoms with E-state index in [4.69, 9.17) is 0 Å². The molecule has 1 amide bonds. The van der Waals surface area contributed by atoms with Crippen molar-refractivity contribution in [1.29, 1.82) is 0 Å². The molecule has 2 fully saturated rings. The highest BCUT2D eigenvalue weighted by atomic mass is 16.2. The molecular weight excluding hydrogens is 298 g/mol. The van der Waals surface area contributed by atoms with Gasteiger partial charge in [0.25, 0.3) is 0 Å². The van der Waals surface area contributed by atoms with Crippen molar-refractivity contribution in [3.8, 4) is 0 Å². The minimum absolute atomic E-state index is 0.172. The van der Waals surface area contributed by atoms with Crippen LogP contribution < -0.4 is 5.32 Å². The van der Waals surface area contributed by atoms with Crippen molar-refractivity contribution in [3.05, 3.63) is 53.6 Å². The van der Waals surface area contributed by atoms with Crippen molar-refractivity contribution >= 4 is 5.91 Å². The van der Waals surface area contributed by atoms with E-state index in [1.54, 1.807) is 0 Å². The minimum atomic E-state index is -0.277. The number of aromatic nitrogens is 2. The number of hydrogen-bond acceptors (Lipinski definition) is 2. The standard InChI is InChI=1S/C20H25N3O/c1-15-13-22-18(23(15)14-16-7-8-16)9-12-21-19(24)20(10-11-20)17-5-3-2-4-6-17/h2-6,13,16H,7-12,14H2,1H3,(H,21,24). The van der Waals surface area contributed by atoms with Gasteiger partial charge in [0.05, 0.1) is 5.41 Å². The van der Waals surface area contributed by atoms with Gasteiger partial charge in [0.1, 0.15) is 5.82 Å². The maximum absolute atomic E-state index is 12.7. The lowest BCUT2D eigenvalue weighted by Gasteiger charge is -2.16. The molecule has 0 bridgehead atoms. The van der Waals surface area contributed by atoms with Crippen molar-refractivity contribution in [2.75, 3.05) is 6.54 Å². The molecule has 0 atom stereocenters. The second kappa shape index (κ2) is 6.08. The van der Waals surface area contributed by atoms with Gasteiger partial charge in [-0.05, 0) is 44.1 Å². The summed E-state index contributed by atoms with van der Waals surface area (Å²) in [6.45, 7) is 3.86. The van der Waals surface area contributed by atoms with E-state index in [0.717, 1.165) is 43.1 Å². The molecule has 4 nitrogen and oxygen atoms in total. The van der Waals surface area contributed by atoms with Gasteiger partial charge in [-0.25, -0.2) is 4.98 Å². The van der Waals surface area contributed by atoms with E-state index in [1.165, 1.54) is 18.5 Å².